The van der Waals surface area contributed by atoms with Crippen LogP contribution >= 0.6 is 15.9 Å². The number of ether oxygens (including phenoxy) is 3. The van der Waals surface area contributed by atoms with Crippen LogP contribution in [0.5, 0.6) is 17.2 Å². The Morgan fingerprint density at radius 3 is 2.85 bits per heavy atom. The van der Waals surface area contributed by atoms with Gasteiger partial charge in [-0.3, -0.25) is 4.79 Å². The van der Waals surface area contributed by atoms with Gasteiger partial charge in [0.2, 0.25) is 0 Å². The summed E-state index contributed by atoms with van der Waals surface area (Å²) in [5.74, 6) is 0.993. The highest BCUT2D eigenvalue weighted by molar-refractivity contribution is 9.10. The van der Waals surface area contributed by atoms with Crippen molar-refractivity contribution in [3.05, 3.63) is 46.2 Å². The molecule has 1 heterocycles. The summed E-state index contributed by atoms with van der Waals surface area (Å²) in [5.41, 5.74) is 1.59. The molecule has 2 aromatic rings. The van der Waals surface area contributed by atoms with Gasteiger partial charge in [-0.1, -0.05) is 0 Å². The van der Waals surface area contributed by atoms with E-state index in [9.17, 15) is 9.18 Å². The minimum Gasteiger partial charge on any atom is -0.492 e. The Labute approximate surface area is 159 Å². The molecule has 1 atom stereocenters. The van der Waals surface area contributed by atoms with Crippen LogP contribution in [0.1, 0.15) is 19.4 Å². The Balaban J connectivity index is 1.69. The number of hydrogen-bond acceptors (Lipinski definition) is 4. The number of halogens is 2. The molecule has 0 saturated carbocycles. The standard InChI is InChI=1S/C19H19BrFNO4/c1-3-24-18-7-12-6-11(2)26-17(12)9-15(18)22-19(23)10-25-16-5-4-13(21)8-14(16)20/h4-5,7-9,11H,3,6,10H2,1-2H3,(H,22,23)/t11-/m0/s1. The lowest BCUT2D eigenvalue weighted by Crippen LogP contribution is -2.20. The highest BCUT2D eigenvalue weighted by atomic mass is 79.9. The van der Waals surface area contributed by atoms with Gasteiger partial charge in [-0.2, -0.15) is 0 Å². The average molecular weight is 424 g/mol. The second-order valence-corrected chi connectivity index (χ2v) is 6.79. The van der Waals surface area contributed by atoms with Crippen LogP contribution in [0, 0.1) is 5.82 Å². The second kappa shape index (κ2) is 7.95. The molecule has 3 rings (SSSR count). The van der Waals surface area contributed by atoms with Gasteiger partial charge in [-0.05, 0) is 54.0 Å². The number of carbonyl (C=O) groups excluding carboxylic acids is 1. The van der Waals surface area contributed by atoms with E-state index in [4.69, 9.17) is 14.2 Å². The van der Waals surface area contributed by atoms with Gasteiger partial charge in [0.25, 0.3) is 5.91 Å². The van der Waals surface area contributed by atoms with Crippen molar-refractivity contribution in [3.8, 4) is 17.2 Å². The molecule has 0 aliphatic carbocycles. The normalized spacial score (nSPS) is 15.2. The van der Waals surface area contributed by atoms with E-state index in [-0.39, 0.29) is 24.4 Å². The fourth-order valence-electron chi connectivity index (χ4n) is 2.73. The lowest BCUT2D eigenvalue weighted by Gasteiger charge is -2.14. The first-order valence-corrected chi connectivity index (χ1v) is 9.09. The van der Waals surface area contributed by atoms with Crippen molar-refractivity contribution >= 4 is 27.5 Å². The molecule has 0 bridgehead atoms. The molecule has 7 heteroatoms. The Bertz CT molecular complexity index is 827. The zero-order valence-corrected chi connectivity index (χ0v) is 16.1. The maximum absolute atomic E-state index is 13.1. The van der Waals surface area contributed by atoms with Gasteiger partial charge in [-0.25, -0.2) is 4.39 Å². The van der Waals surface area contributed by atoms with Gasteiger partial charge in [0.05, 0.1) is 16.8 Å². The smallest absolute Gasteiger partial charge is 0.262 e. The lowest BCUT2D eigenvalue weighted by molar-refractivity contribution is -0.118. The minimum atomic E-state index is -0.387. The fraction of sp³-hybridized carbons (Fsp3) is 0.316. The van der Waals surface area contributed by atoms with Crippen molar-refractivity contribution < 1.29 is 23.4 Å². The maximum atomic E-state index is 13.1. The van der Waals surface area contributed by atoms with Gasteiger partial charge in [0.15, 0.2) is 6.61 Å². The van der Waals surface area contributed by atoms with Crippen LogP contribution in [-0.4, -0.2) is 25.2 Å². The van der Waals surface area contributed by atoms with Crippen LogP contribution in [0.3, 0.4) is 0 Å². The highest BCUT2D eigenvalue weighted by Gasteiger charge is 2.22. The summed E-state index contributed by atoms with van der Waals surface area (Å²) >= 11 is 3.20. The molecule has 0 saturated heterocycles. The summed E-state index contributed by atoms with van der Waals surface area (Å²) in [6, 6.07) is 7.68. The third kappa shape index (κ3) is 4.27. The Morgan fingerprint density at radius 2 is 2.12 bits per heavy atom. The third-order valence-electron chi connectivity index (χ3n) is 3.82. The first-order chi connectivity index (χ1) is 12.5. The molecule has 0 fully saturated rings. The number of rotatable bonds is 6. The molecule has 2 aromatic carbocycles. The molecule has 0 radical (unpaired) electrons. The Kier molecular flexibility index (Phi) is 5.66. The number of benzene rings is 2. The van der Waals surface area contributed by atoms with E-state index in [1.165, 1.54) is 18.2 Å². The zero-order chi connectivity index (χ0) is 18.7. The van der Waals surface area contributed by atoms with Crippen LogP contribution < -0.4 is 19.5 Å². The zero-order valence-electron chi connectivity index (χ0n) is 14.5. The molecule has 0 aromatic heterocycles. The number of nitrogens with one attached hydrogen (secondary N) is 1. The number of anilines is 1. The van der Waals surface area contributed by atoms with E-state index < -0.39 is 0 Å². The molecule has 26 heavy (non-hydrogen) atoms. The average Bonchev–Trinajstić information content (AvgIpc) is 2.93. The molecular weight excluding hydrogens is 405 g/mol. The monoisotopic (exact) mass is 423 g/mol. The van der Waals surface area contributed by atoms with Crippen molar-refractivity contribution in [1.29, 1.82) is 0 Å². The molecule has 0 unspecified atom stereocenters. The number of hydrogen-bond donors (Lipinski definition) is 1. The van der Waals surface area contributed by atoms with Crippen molar-refractivity contribution in [1.82, 2.24) is 0 Å². The van der Waals surface area contributed by atoms with E-state index in [0.29, 0.717) is 28.3 Å². The van der Waals surface area contributed by atoms with Crippen LogP contribution in [0.25, 0.3) is 0 Å². The topological polar surface area (TPSA) is 56.8 Å². The summed E-state index contributed by atoms with van der Waals surface area (Å²) in [4.78, 5) is 12.3. The SMILES string of the molecule is CCOc1cc2c(cc1NC(=O)COc1ccc(F)cc1Br)O[C@@H](C)C2. The molecule has 1 aliphatic rings. The van der Waals surface area contributed by atoms with Crippen molar-refractivity contribution in [2.75, 3.05) is 18.5 Å². The minimum absolute atomic E-state index is 0.101. The van der Waals surface area contributed by atoms with E-state index in [2.05, 4.69) is 21.2 Å². The largest absolute Gasteiger partial charge is 0.492 e. The van der Waals surface area contributed by atoms with Crippen molar-refractivity contribution in [2.45, 2.75) is 26.4 Å². The molecular formula is C19H19BrFNO4. The summed E-state index contributed by atoms with van der Waals surface area (Å²) in [6.45, 7) is 4.14. The molecule has 138 valence electrons. The van der Waals surface area contributed by atoms with E-state index in [0.717, 1.165) is 17.7 Å². The molecule has 1 N–H and O–H groups in total. The van der Waals surface area contributed by atoms with Crippen molar-refractivity contribution in [3.63, 3.8) is 0 Å². The van der Waals surface area contributed by atoms with Crippen LogP contribution in [-0.2, 0) is 11.2 Å². The molecule has 0 spiro atoms. The van der Waals surface area contributed by atoms with Crippen molar-refractivity contribution in [2.24, 2.45) is 0 Å². The lowest BCUT2D eigenvalue weighted by atomic mass is 10.1. The molecule has 5 nitrogen and oxygen atoms in total. The van der Waals surface area contributed by atoms with Gasteiger partial charge in [0, 0.05) is 18.1 Å². The molecule has 1 amide bonds. The van der Waals surface area contributed by atoms with Gasteiger partial charge in [0.1, 0.15) is 29.2 Å². The van der Waals surface area contributed by atoms with E-state index in [1.54, 1.807) is 6.07 Å². The van der Waals surface area contributed by atoms with Crippen LogP contribution in [0.4, 0.5) is 10.1 Å². The first kappa shape index (κ1) is 18.5. The summed E-state index contributed by atoms with van der Waals surface area (Å²) in [5, 5.41) is 2.78. The summed E-state index contributed by atoms with van der Waals surface area (Å²) in [7, 11) is 0. The predicted octanol–water partition coefficient (Wildman–Crippen LogP) is 4.33. The number of amides is 1. The van der Waals surface area contributed by atoms with Gasteiger partial charge in [-0.15, -0.1) is 0 Å². The van der Waals surface area contributed by atoms with E-state index >= 15 is 0 Å². The Hall–Kier alpha value is -2.28. The highest BCUT2D eigenvalue weighted by Crippen LogP contribution is 2.38. The fourth-order valence-corrected chi connectivity index (χ4v) is 3.20. The summed E-state index contributed by atoms with van der Waals surface area (Å²) < 4.78 is 30.4. The summed E-state index contributed by atoms with van der Waals surface area (Å²) in [6.07, 6.45) is 0.912. The van der Waals surface area contributed by atoms with Crippen LogP contribution in [0.15, 0.2) is 34.8 Å². The maximum Gasteiger partial charge on any atom is 0.262 e. The number of carbonyl (C=O) groups is 1. The molecule has 1 aliphatic heterocycles. The van der Waals surface area contributed by atoms with Gasteiger partial charge >= 0.3 is 0 Å². The second-order valence-electron chi connectivity index (χ2n) is 5.93. The van der Waals surface area contributed by atoms with Gasteiger partial charge < -0.3 is 19.5 Å². The number of fused-ring (bicyclic) bond motifs is 1. The van der Waals surface area contributed by atoms with Crippen LogP contribution in [0.2, 0.25) is 0 Å². The Morgan fingerprint density at radius 1 is 1.31 bits per heavy atom. The quantitative estimate of drug-likeness (QED) is 0.750. The van der Waals surface area contributed by atoms with E-state index in [1.807, 2.05) is 19.9 Å². The predicted molar refractivity (Wildman–Crippen MR) is 99.6 cm³/mol. The first-order valence-electron chi connectivity index (χ1n) is 8.30. The third-order valence-corrected chi connectivity index (χ3v) is 4.44.